The van der Waals surface area contributed by atoms with Gasteiger partial charge in [-0.15, -0.1) is 0 Å². The van der Waals surface area contributed by atoms with Crippen LogP contribution in [0.25, 0.3) is 11.7 Å². The molecule has 1 aliphatic heterocycles. The van der Waals surface area contributed by atoms with E-state index < -0.39 is 0 Å². The summed E-state index contributed by atoms with van der Waals surface area (Å²) in [7, 11) is 0. The van der Waals surface area contributed by atoms with Crippen molar-refractivity contribution < 1.29 is 9.90 Å². The van der Waals surface area contributed by atoms with E-state index in [0.717, 1.165) is 18.4 Å². The van der Waals surface area contributed by atoms with Crippen LogP contribution in [0.5, 0.6) is 0 Å². The van der Waals surface area contributed by atoms with Crippen LogP contribution < -0.4 is 10.9 Å². The second-order valence-corrected chi connectivity index (χ2v) is 8.86. The molecule has 1 saturated heterocycles. The van der Waals surface area contributed by atoms with Crippen molar-refractivity contribution in [1.29, 1.82) is 0 Å². The zero-order chi connectivity index (χ0) is 21.8. The second-order valence-electron chi connectivity index (χ2n) is 7.18. The number of amides is 1. The molecule has 1 aliphatic rings. The van der Waals surface area contributed by atoms with Gasteiger partial charge in [0.05, 0.1) is 23.1 Å². The van der Waals surface area contributed by atoms with E-state index in [0.29, 0.717) is 33.7 Å². The lowest BCUT2D eigenvalue weighted by Crippen LogP contribution is -2.29. The Labute approximate surface area is 185 Å². The van der Waals surface area contributed by atoms with E-state index in [9.17, 15) is 14.7 Å². The normalized spacial score (nSPS) is 16.7. The van der Waals surface area contributed by atoms with Crippen LogP contribution in [0.1, 0.15) is 44.2 Å². The van der Waals surface area contributed by atoms with Gasteiger partial charge in [-0.1, -0.05) is 50.3 Å². The number of nitrogens with zero attached hydrogens (tertiary/aromatic N) is 3. The molecular weight excluding hydrogens is 420 g/mol. The molecule has 3 heterocycles. The molecule has 0 radical (unpaired) electrons. The monoisotopic (exact) mass is 446 g/mol. The minimum Gasteiger partial charge on any atom is -0.394 e. The number of aryl methyl sites for hydroxylation is 1. The Bertz CT molecular complexity index is 1060. The number of aromatic nitrogens is 2. The van der Waals surface area contributed by atoms with Gasteiger partial charge in [0.25, 0.3) is 11.5 Å². The maximum absolute atomic E-state index is 13.3. The highest BCUT2D eigenvalue weighted by Crippen LogP contribution is 2.33. The van der Waals surface area contributed by atoms with Crippen LogP contribution in [0.2, 0.25) is 0 Å². The van der Waals surface area contributed by atoms with E-state index in [-0.39, 0.29) is 29.7 Å². The van der Waals surface area contributed by atoms with Crippen LogP contribution in [-0.4, -0.2) is 48.8 Å². The van der Waals surface area contributed by atoms with Crippen molar-refractivity contribution in [3.05, 3.63) is 44.7 Å². The quantitative estimate of drug-likeness (QED) is 0.476. The molecule has 160 valence electrons. The van der Waals surface area contributed by atoms with Gasteiger partial charge in [0.15, 0.2) is 0 Å². The smallest absolute Gasteiger partial charge is 0.267 e. The highest BCUT2D eigenvalue weighted by molar-refractivity contribution is 8.26. The molecule has 0 bridgehead atoms. The van der Waals surface area contributed by atoms with Crippen molar-refractivity contribution in [2.45, 2.75) is 46.1 Å². The predicted octanol–water partition coefficient (Wildman–Crippen LogP) is 3.19. The van der Waals surface area contributed by atoms with Crippen molar-refractivity contribution >= 4 is 51.7 Å². The third-order valence-electron chi connectivity index (χ3n) is 5.02. The number of rotatable bonds is 8. The van der Waals surface area contributed by atoms with Gasteiger partial charge in [-0.25, -0.2) is 4.98 Å². The van der Waals surface area contributed by atoms with Gasteiger partial charge in [0.2, 0.25) is 0 Å². The van der Waals surface area contributed by atoms with Gasteiger partial charge in [-0.05, 0) is 37.5 Å². The summed E-state index contributed by atoms with van der Waals surface area (Å²) in [5, 5.41) is 12.8. The third kappa shape index (κ3) is 4.43. The topological polar surface area (TPSA) is 86.9 Å². The Kier molecular flexibility index (Phi) is 7.27. The van der Waals surface area contributed by atoms with E-state index in [1.54, 1.807) is 23.2 Å². The first-order valence-electron chi connectivity index (χ1n) is 10.1. The van der Waals surface area contributed by atoms with Gasteiger partial charge in [0.1, 0.15) is 15.8 Å². The lowest BCUT2D eigenvalue weighted by atomic mass is 10.2. The number of carbonyl (C=O) groups is 1. The minimum atomic E-state index is -0.280. The maximum atomic E-state index is 13.3. The zero-order valence-corrected chi connectivity index (χ0v) is 19.0. The average molecular weight is 447 g/mol. The molecular formula is C21H26N4O3S2. The number of anilines is 1. The molecule has 0 saturated carbocycles. The fourth-order valence-electron chi connectivity index (χ4n) is 3.16. The molecule has 1 fully saturated rings. The Morgan fingerprint density at radius 3 is 2.80 bits per heavy atom. The summed E-state index contributed by atoms with van der Waals surface area (Å²) in [6.07, 6.45) is 5.71. The van der Waals surface area contributed by atoms with Crippen molar-refractivity contribution in [2.24, 2.45) is 0 Å². The first kappa shape index (κ1) is 22.5. The highest BCUT2D eigenvalue weighted by Gasteiger charge is 2.32. The third-order valence-corrected chi connectivity index (χ3v) is 6.40. The number of thioether (sulfide) groups is 1. The summed E-state index contributed by atoms with van der Waals surface area (Å²) in [5.74, 6) is 0.168. The molecule has 0 aromatic carbocycles. The molecule has 1 amide bonds. The van der Waals surface area contributed by atoms with Crippen LogP contribution in [0.15, 0.2) is 28.0 Å². The van der Waals surface area contributed by atoms with Crippen LogP contribution in [-0.2, 0) is 4.79 Å². The Morgan fingerprint density at radius 1 is 1.37 bits per heavy atom. The summed E-state index contributed by atoms with van der Waals surface area (Å²) < 4.78 is 1.98. The summed E-state index contributed by atoms with van der Waals surface area (Å²) in [5.41, 5.74) is 1.39. The molecule has 2 aromatic heterocycles. The largest absolute Gasteiger partial charge is 0.394 e. The number of fused-ring (bicyclic) bond motifs is 1. The van der Waals surface area contributed by atoms with Crippen molar-refractivity contribution in [1.82, 2.24) is 14.3 Å². The molecule has 30 heavy (non-hydrogen) atoms. The summed E-state index contributed by atoms with van der Waals surface area (Å²) in [6, 6.07) is 3.41. The molecule has 0 aliphatic carbocycles. The van der Waals surface area contributed by atoms with Gasteiger partial charge in [-0.2, -0.15) is 0 Å². The SMILES string of the molecule is CCCCN1C(=O)C(=Cc2c(NC(CC)CO)nc3c(C)cccn3c2=O)SC1=S. The Hall–Kier alpha value is -2.23. The van der Waals surface area contributed by atoms with Crippen LogP contribution in [0.4, 0.5) is 5.82 Å². The highest BCUT2D eigenvalue weighted by atomic mass is 32.2. The minimum absolute atomic E-state index is 0.0934. The summed E-state index contributed by atoms with van der Waals surface area (Å²) in [6.45, 7) is 6.35. The molecule has 0 spiro atoms. The lowest BCUT2D eigenvalue weighted by Gasteiger charge is -2.17. The number of hydrogen-bond acceptors (Lipinski definition) is 7. The fourth-order valence-corrected chi connectivity index (χ4v) is 4.45. The van der Waals surface area contributed by atoms with Crippen LogP contribution in [0, 0.1) is 6.92 Å². The van der Waals surface area contributed by atoms with Crippen LogP contribution in [0.3, 0.4) is 0 Å². The lowest BCUT2D eigenvalue weighted by molar-refractivity contribution is -0.122. The number of thiocarbonyl (C=S) groups is 1. The van der Waals surface area contributed by atoms with E-state index in [4.69, 9.17) is 12.2 Å². The fraction of sp³-hybridized carbons (Fsp3) is 0.429. The standard InChI is InChI=1S/C21H26N4O3S2/c1-4-6-9-25-20(28)16(30-21(25)29)11-15-17(22-14(5-2)12-26)23-18-13(3)8-7-10-24(18)19(15)27/h7-8,10-11,14,22,26H,4-6,9,12H2,1-3H3. The van der Waals surface area contributed by atoms with Gasteiger partial charge < -0.3 is 10.4 Å². The van der Waals surface area contributed by atoms with Crippen LogP contribution >= 0.6 is 24.0 Å². The van der Waals surface area contributed by atoms with E-state index in [2.05, 4.69) is 17.2 Å². The molecule has 2 aromatic rings. The zero-order valence-electron chi connectivity index (χ0n) is 17.3. The number of carbonyl (C=O) groups excluding carboxylic acids is 1. The summed E-state index contributed by atoms with van der Waals surface area (Å²) in [4.78, 5) is 32.8. The van der Waals surface area contributed by atoms with E-state index >= 15 is 0 Å². The van der Waals surface area contributed by atoms with Gasteiger partial charge >= 0.3 is 0 Å². The Morgan fingerprint density at radius 2 is 2.13 bits per heavy atom. The number of hydrogen-bond donors (Lipinski definition) is 2. The number of aliphatic hydroxyl groups is 1. The maximum Gasteiger partial charge on any atom is 0.267 e. The number of pyridine rings is 1. The van der Waals surface area contributed by atoms with Crippen molar-refractivity contribution in [3.63, 3.8) is 0 Å². The number of unbranched alkanes of at least 4 members (excludes halogenated alkanes) is 1. The Balaban J connectivity index is 2.13. The van der Waals surface area contributed by atoms with Gasteiger partial charge in [-0.3, -0.25) is 18.9 Å². The molecule has 9 heteroatoms. The number of nitrogens with one attached hydrogen (secondary N) is 1. The molecule has 7 nitrogen and oxygen atoms in total. The summed E-state index contributed by atoms with van der Waals surface area (Å²) >= 11 is 6.57. The van der Waals surface area contributed by atoms with E-state index in [1.165, 1.54) is 16.2 Å². The van der Waals surface area contributed by atoms with Crippen molar-refractivity contribution in [3.8, 4) is 0 Å². The first-order chi connectivity index (χ1) is 14.4. The molecule has 1 atom stereocenters. The first-order valence-corrected chi connectivity index (χ1v) is 11.3. The molecule has 1 unspecified atom stereocenters. The van der Waals surface area contributed by atoms with Crippen molar-refractivity contribution in [2.75, 3.05) is 18.5 Å². The number of aliphatic hydroxyl groups excluding tert-OH is 1. The predicted molar refractivity (Wildman–Crippen MR) is 126 cm³/mol. The molecule has 3 rings (SSSR count). The second kappa shape index (κ2) is 9.72. The van der Waals surface area contributed by atoms with Gasteiger partial charge in [0, 0.05) is 12.7 Å². The van der Waals surface area contributed by atoms with E-state index in [1.807, 2.05) is 19.9 Å². The molecule has 2 N–H and O–H groups in total. The average Bonchev–Trinajstić information content (AvgIpc) is 3.00.